The number of hydrogen-bond donors (Lipinski definition) is 1. The first-order valence-corrected chi connectivity index (χ1v) is 5.34. The molecular formula is C11H19NO3. The van der Waals surface area contributed by atoms with Crippen LogP contribution >= 0.6 is 0 Å². The van der Waals surface area contributed by atoms with Crippen LogP contribution in [0.25, 0.3) is 0 Å². The van der Waals surface area contributed by atoms with Crippen molar-refractivity contribution in [3.63, 3.8) is 0 Å². The van der Waals surface area contributed by atoms with Gasteiger partial charge in [0.2, 0.25) is 0 Å². The summed E-state index contributed by atoms with van der Waals surface area (Å²) in [5.74, 6) is 0. The summed E-state index contributed by atoms with van der Waals surface area (Å²) < 4.78 is 10.5. The zero-order chi connectivity index (χ0) is 11.1. The maximum absolute atomic E-state index is 11.0. The van der Waals surface area contributed by atoms with E-state index < -0.39 is 0 Å². The van der Waals surface area contributed by atoms with E-state index in [9.17, 15) is 4.79 Å². The van der Waals surface area contributed by atoms with Crippen molar-refractivity contribution in [2.24, 2.45) is 0 Å². The second-order valence-electron chi connectivity index (χ2n) is 3.65. The first kappa shape index (κ1) is 12.0. The molecule has 1 amide bonds. The largest absolute Gasteiger partial charge is 0.442 e. The van der Waals surface area contributed by atoms with Gasteiger partial charge in [0.15, 0.2) is 0 Å². The van der Waals surface area contributed by atoms with Gasteiger partial charge in [0.1, 0.15) is 6.10 Å². The molecule has 0 bridgehead atoms. The van der Waals surface area contributed by atoms with Crippen LogP contribution in [0, 0.1) is 0 Å². The van der Waals surface area contributed by atoms with Crippen LogP contribution in [0.5, 0.6) is 0 Å². The summed E-state index contributed by atoms with van der Waals surface area (Å²) in [6.45, 7) is 0. The van der Waals surface area contributed by atoms with E-state index in [0.29, 0.717) is 6.10 Å². The van der Waals surface area contributed by atoms with E-state index in [1.807, 2.05) is 12.2 Å². The summed E-state index contributed by atoms with van der Waals surface area (Å²) in [5.41, 5.74) is 0. The molecule has 86 valence electrons. The quantitative estimate of drug-likeness (QED) is 0.712. The number of ether oxygens (including phenoxy) is 2. The van der Waals surface area contributed by atoms with Gasteiger partial charge in [-0.25, -0.2) is 4.79 Å². The number of carbonyl (C=O) groups is 1. The first-order valence-electron chi connectivity index (χ1n) is 5.34. The monoisotopic (exact) mass is 213 g/mol. The summed E-state index contributed by atoms with van der Waals surface area (Å²) in [5, 5.41) is 2.45. The standard InChI is InChI=1S/C11H19NO3/c1-12-11(13)15-10-7-3-5-9(14-2)6-4-8-10/h3,7,9-10H,4-6,8H2,1-2H3,(H,12,13)/b7-3+. The van der Waals surface area contributed by atoms with E-state index in [1.165, 1.54) is 0 Å². The molecule has 0 saturated carbocycles. The van der Waals surface area contributed by atoms with E-state index in [4.69, 9.17) is 9.47 Å². The number of methoxy groups -OCH3 is 1. The molecule has 0 radical (unpaired) electrons. The number of alkyl carbamates (subject to hydrolysis) is 1. The van der Waals surface area contributed by atoms with Crippen molar-refractivity contribution in [3.8, 4) is 0 Å². The van der Waals surface area contributed by atoms with Gasteiger partial charge in [-0.15, -0.1) is 0 Å². The van der Waals surface area contributed by atoms with Crippen molar-refractivity contribution in [1.82, 2.24) is 5.32 Å². The third-order valence-electron chi connectivity index (χ3n) is 2.56. The van der Waals surface area contributed by atoms with Crippen LogP contribution in [-0.4, -0.2) is 32.5 Å². The minimum absolute atomic E-state index is 0.0947. The molecule has 0 spiro atoms. The Morgan fingerprint density at radius 2 is 2.27 bits per heavy atom. The summed E-state index contributed by atoms with van der Waals surface area (Å²) >= 11 is 0. The van der Waals surface area contributed by atoms with Crippen molar-refractivity contribution in [3.05, 3.63) is 12.2 Å². The van der Waals surface area contributed by atoms with Crippen LogP contribution in [0.3, 0.4) is 0 Å². The summed E-state index contributed by atoms with van der Waals surface area (Å²) in [6, 6.07) is 0. The van der Waals surface area contributed by atoms with Crippen LogP contribution in [0.1, 0.15) is 25.7 Å². The normalized spacial score (nSPS) is 28.7. The number of rotatable bonds is 2. The second kappa shape index (κ2) is 6.45. The lowest BCUT2D eigenvalue weighted by Gasteiger charge is -2.19. The zero-order valence-corrected chi connectivity index (χ0v) is 9.36. The Hall–Kier alpha value is -1.03. The van der Waals surface area contributed by atoms with Crippen LogP contribution in [-0.2, 0) is 9.47 Å². The van der Waals surface area contributed by atoms with Crippen molar-refractivity contribution >= 4 is 6.09 Å². The molecule has 4 nitrogen and oxygen atoms in total. The van der Waals surface area contributed by atoms with Crippen LogP contribution in [0.15, 0.2) is 12.2 Å². The molecule has 15 heavy (non-hydrogen) atoms. The van der Waals surface area contributed by atoms with Gasteiger partial charge in [-0.3, -0.25) is 0 Å². The molecule has 1 aliphatic carbocycles. The van der Waals surface area contributed by atoms with Crippen LogP contribution in [0.2, 0.25) is 0 Å². The molecule has 1 aliphatic rings. The second-order valence-corrected chi connectivity index (χ2v) is 3.65. The molecule has 2 unspecified atom stereocenters. The SMILES string of the molecule is CNC(=O)OC1/C=C/CC(OC)CCC1. The van der Waals surface area contributed by atoms with Gasteiger partial charge >= 0.3 is 6.09 Å². The Labute approximate surface area is 90.6 Å². The topological polar surface area (TPSA) is 47.6 Å². The van der Waals surface area contributed by atoms with Gasteiger partial charge in [-0.05, 0) is 31.8 Å². The number of hydrogen-bond acceptors (Lipinski definition) is 3. The van der Waals surface area contributed by atoms with Gasteiger partial charge in [0.25, 0.3) is 0 Å². The fourth-order valence-corrected chi connectivity index (χ4v) is 1.65. The lowest BCUT2D eigenvalue weighted by Crippen LogP contribution is -2.26. The molecule has 0 heterocycles. The van der Waals surface area contributed by atoms with E-state index in [-0.39, 0.29) is 12.2 Å². The van der Waals surface area contributed by atoms with E-state index in [2.05, 4.69) is 5.32 Å². The lowest BCUT2D eigenvalue weighted by atomic mass is 10.0. The van der Waals surface area contributed by atoms with Gasteiger partial charge in [0.05, 0.1) is 6.10 Å². The Kier molecular flexibility index (Phi) is 5.18. The number of nitrogens with one attached hydrogen (secondary N) is 1. The average Bonchev–Trinajstić information content (AvgIpc) is 2.21. The van der Waals surface area contributed by atoms with Gasteiger partial charge < -0.3 is 14.8 Å². The Morgan fingerprint density at radius 3 is 2.93 bits per heavy atom. The molecule has 0 aromatic rings. The lowest BCUT2D eigenvalue weighted by molar-refractivity contribution is 0.0817. The molecule has 1 N–H and O–H groups in total. The third-order valence-corrected chi connectivity index (χ3v) is 2.56. The molecule has 0 saturated heterocycles. The summed E-state index contributed by atoms with van der Waals surface area (Å²) in [4.78, 5) is 11.0. The van der Waals surface area contributed by atoms with Crippen LogP contribution < -0.4 is 5.32 Å². The van der Waals surface area contributed by atoms with E-state index in [0.717, 1.165) is 25.7 Å². The Bertz CT molecular complexity index is 228. The van der Waals surface area contributed by atoms with Crippen molar-refractivity contribution in [2.75, 3.05) is 14.2 Å². The smallest absolute Gasteiger partial charge is 0.407 e. The van der Waals surface area contributed by atoms with Crippen molar-refractivity contribution in [1.29, 1.82) is 0 Å². The predicted molar refractivity (Wildman–Crippen MR) is 57.7 cm³/mol. The van der Waals surface area contributed by atoms with Gasteiger partial charge in [0, 0.05) is 14.2 Å². The Morgan fingerprint density at radius 1 is 1.47 bits per heavy atom. The highest BCUT2D eigenvalue weighted by molar-refractivity contribution is 5.67. The zero-order valence-electron chi connectivity index (χ0n) is 9.36. The summed E-state index contributed by atoms with van der Waals surface area (Å²) in [7, 11) is 3.30. The van der Waals surface area contributed by atoms with Gasteiger partial charge in [-0.2, -0.15) is 0 Å². The maximum Gasteiger partial charge on any atom is 0.407 e. The van der Waals surface area contributed by atoms with Gasteiger partial charge in [-0.1, -0.05) is 6.08 Å². The molecule has 4 heteroatoms. The minimum atomic E-state index is -0.367. The average molecular weight is 213 g/mol. The number of carbonyl (C=O) groups excluding carboxylic acids is 1. The fraction of sp³-hybridized carbons (Fsp3) is 0.727. The maximum atomic E-state index is 11.0. The van der Waals surface area contributed by atoms with Crippen molar-refractivity contribution < 1.29 is 14.3 Å². The molecular weight excluding hydrogens is 194 g/mol. The van der Waals surface area contributed by atoms with Crippen molar-refractivity contribution in [2.45, 2.75) is 37.9 Å². The first-order chi connectivity index (χ1) is 7.26. The predicted octanol–water partition coefficient (Wildman–Crippen LogP) is 1.86. The fourth-order valence-electron chi connectivity index (χ4n) is 1.65. The molecule has 1 rings (SSSR count). The molecule has 0 aromatic carbocycles. The van der Waals surface area contributed by atoms with E-state index >= 15 is 0 Å². The summed E-state index contributed by atoms with van der Waals surface area (Å²) in [6.07, 6.45) is 7.62. The molecule has 0 aromatic heterocycles. The highest BCUT2D eigenvalue weighted by Crippen LogP contribution is 2.16. The molecule has 0 aliphatic heterocycles. The molecule has 2 atom stereocenters. The Balaban J connectivity index is 2.41. The third kappa shape index (κ3) is 4.34. The highest BCUT2D eigenvalue weighted by atomic mass is 16.6. The van der Waals surface area contributed by atoms with Crippen LogP contribution in [0.4, 0.5) is 4.79 Å². The highest BCUT2D eigenvalue weighted by Gasteiger charge is 2.14. The number of amides is 1. The van der Waals surface area contributed by atoms with E-state index in [1.54, 1.807) is 14.2 Å². The molecule has 0 fully saturated rings. The minimum Gasteiger partial charge on any atom is -0.442 e.